The Bertz CT molecular complexity index is 1270. The summed E-state index contributed by atoms with van der Waals surface area (Å²) in [4.78, 5) is 13.5. The summed E-state index contributed by atoms with van der Waals surface area (Å²) in [6, 6.07) is 5.04. The Labute approximate surface area is 216 Å². The van der Waals surface area contributed by atoms with Crippen LogP contribution in [0.4, 0.5) is 5.95 Å². The second kappa shape index (κ2) is 10.9. The number of ether oxygens (including phenoxy) is 3. The molecular formula is C26H38N5O6+. The van der Waals surface area contributed by atoms with Crippen LogP contribution in [0.1, 0.15) is 69.4 Å². The fraction of sp³-hybridized carbons (Fsp3) is 0.538. The Balaban J connectivity index is 2.07. The minimum Gasteiger partial charge on any atom is -0.493 e. The summed E-state index contributed by atoms with van der Waals surface area (Å²) in [5, 5.41) is 28.7. The van der Waals surface area contributed by atoms with Gasteiger partial charge in [0.1, 0.15) is 0 Å². The molecule has 202 valence electrons. The molecule has 0 spiro atoms. The second-order valence-electron chi connectivity index (χ2n) is 10.3. The van der Waals surface area contributed by atoms with Gasteiger partial charge in [-0.2, -0.15) is 0 Å². The van der Waals surface area contributed by atoms with Gasteiger partial charge in [-0.15, -0.1) is 4.68 Å². The van der Waals surface area contributed by atoms with E-state index in [4.69, 9.17) is 25.1 Å². The van der Waals surface area contributed by atoms with Crippen molar-refractivity contribution in [1.82, 2.24) is 14.7 Å². The van der Waals surface area contributed by atoms with Gasteiger partial charge in [0.25, 0.3) is 5.65 Å². The smallest absolute Gasteiger partial charge is 0.401 e. The minimum atomic E-state index is -1.26. The maximum Gasteiger partial charge on any atom is 0.401 e. The Morgan fingerprint density at radius 2 is 1.84 bits per heavy atom. The van der Waals surface area contributed by atoms with Gasteiger partial charge in [-0.25, -0.2) is 0 Å². The predicted octanol–water partition coefficient (Wildman–Crippen LogP) is 2.18. The summed E-state index contributed by atoms with van der Waals surface area (Å²) in [6.45, 7) is 11.6. The molecule has 0 saturated heterocycles. The van der Waals surface area contributed by atoms with Gasteiger partial charge in [0.05, 0.1) is 31.5 Å². The Kier molecular flexibility index (Phi) is 8.28. The fourth-order valence-corrected chi connectivity index (χ4v) is 3.90. The van der Waals surface area contributed by atoms with Crippen molar-refractivity contribution in [3.63, 3.8) is 0 Å². The number of methoxy groups -OCH3 is 1. The molecule has 0 amide bonds. The lowest BCUT2D eigenvalue weighted by molar-refractivity contribution is -0.723. The Morgan fingerprint density at radius 3 is 2.41 bits per heavy atom. The number of carbonyl (C=O) groups is 1. The molecule has 11 heteroatoms. The van der Waals surface area contributed by atoms with Crippen molar-refractivity contribution < 1.29 is 33.9 Å². The van der Waals surface area contributed by atoms with E-state index in [-0.39, 0.29) is 42.8 Å². The fourth-order valence-electron chi connectivity index (χ4n) is 3.90. The van der Waals surface area contributed by atoms with Gasteiger partial charge in [-0.05, 0) is 38.3 Å². The number of nitrogen functional groups attached to an aromatic ring is 1. The van der Waals surface area contributed by atoms with Crippen molar-refractivity contribution in [3.05, 3.63) is 34.9 Å². The summed E-state index contributed by atoms with van der Waals surface area (Å²) in [5.41, 5.74) is 6.73. The zero-order chi connectivity index (χ0) is 27.5. The molecule has 0 radical (unpaired) electrons. The highest BCUT2D eigenvalue weighted by Crippen LogP contribution is 2.40. The lowest BCUT2D eigenvalue weighted by Gasteiger charge is -2.25. The van der Waals surface area contributed by atoms with Gasteiger partial charge in [0, 0.05) is 30.2 Å². The molecule has 0 fully saturated rings. The average molecular weight is 517 g/mol. The number of Topliss-reactive ketones (excluding diaryl/α,β-unsaturated/α-hetero) is 1. The number of hydrogen-bond donors (Lipinski definition) is 3. The highest BCUT2D eigenvalue weighted by molar-refractivity contribution is 5.96. The van der Waals surface area contributed by atoms with Crippen molar-refractivity contribution in [2.75, 3.05) is 32.7 Å². The molecule has 11 nitrogen and oxygen atoms in total. The molecule has 0 aliphatic carbocycles. The second-order valence-corrected chi connectivity index (χ2v) is 10.3. The van der Waals surface area contributed by atoms with E-state index in [0.717, 1.165) is 5.56 Å². The number of rotatable bonds is 11. The highest BCUT2D eigenvalue weighted by atomic mass is 16.5. The average Bonchev–Trinajstić information content (AvgIpc) is 3.12. The Morgan fingerprint density at radius 1 is 1.14 bits per heavy atom. The van der Waals surface area contributed by atoms with E-state index in [1.54, 1.807) is 39.2 Å². The summed E-state index contributed by atoms with van der Waals surface area (Å²) < 4.78 is 19.8. The predicted molar refractivity (Wildman–Crippen MR) is 137 cm³/mol. The third-order valence-electron chi connectivity index (χ3n) is 5.80. The third-order valence-corrected chi connectivity index (χ3v) is 5.80. The number of hydrogen-bond acceptors (Lipinski definition) is 9. The molecule has 0 aliphatic rings. The first-order chi connectivity index (χ1) is 17.3. The van der Waals surface area contributed by atoms with Crippen molar-refractivity contribution >= 4 is 17.4 Å². The van der Waals surface area contributed by atoms with Crippen molar-refractivity contribution in [2.45, 2.75) is 65.5 Å². The molecule has 0 bridgehead atoms. The number of ketones is 1. The summed E-state index contributed by atoms with van der Waals surface area (Å²) in [7, 11) is 1.56. The van der Waals surface area contributed by atoms with Gasteiger partial charge in [-0.1, -0.05) is 35.5 Å². The molecule has 37 heavy (non-hydrogen) atoms. The Hall–Kier alpha value is -3.44. The van der Waals surface area contributed by atoms with E-state index >= 15 is 0 Å². The number of fused-ring (bicyclic) bond motifs is 1. The van der Waals surface area contributed by atoms with E-state index in [2.05, 4.69) is 10.2 Å². The molecular weight excluding hydrogens is 478 g/mol. The molecule has 1 aromatic carbocycles. The van der Waals surface area contributed by atoms with Crippen LogP contribution < -0.4 is 24.6 Å². The van der Waals surface area contributed by atoms with Crippen molar-refractivity contribution in [3.8, 4) is 17.4 Å². The zero-order valence-electron chi connectivity index (χ0n) is 22.7. The third kappa shape index (κ3) is 6.11. The van der Waals surface area contributed by atoms with Gasteiger partial charge in [0.2, 0.25) is 5.88 Å². The molecule has 2 heterocycles. The van der Waals surface area contributed by atoms with Gasteiger partial charge in [-0.3, -0.25) is 10.5 Å². The first-order valence-electron chi connectivity index (χ1n) is 12.3. The van der Waals surface area contributed by atoms with Crippen LogP contribution >= 0.6 is 0 Å². The minimum absolute atomic E-state index is 0.0114. The maximum absolute atomic E-state index is 13.5. The molecule has 0 unspecified atom stereocenters. The van der Waals surface area contributed by atoms with E-state index in [1.807, 2.05) is 27.7 Å². The summed E-state index contributed by atoms with van der Waals surface area (Å²) >= 11 is 0. The molecule has 3 rings (SSSR count). The van der Waals surface area contributed by atoms with Crippen LogP contribution in [0, 0.1) is 0 Å². The number of aliphatic hydroxyl groups is 2. The molecule has 0 aliphatic heterocycles. The van der Waals surface area contributed by atoms with E-state index in [9.17, 15) is 9.90 Å². The van der Waals surface area contributed by atoms with Gasteiger partial charge < -0.3 is 24.4 Å². The molecule has 4 N–H and O–H groups in total. The maximum atomic E-state index is 13.5. The molecule has 3 aromatic rings. The number of benzene rings is 1. The number of anilines is 1. The van der Waals surface area contributed by atoms with Crippen LogP contribution in [-0.4, -0.2) is 57.6 Å². The molecule has 0 saturated carbocycles. The van der Waals surface area contributed by atoms with Crippen LogP contribution in [0.25, 0.3) is 5.65 Å². The number of nitrogens with zero attached hydrogens (tertiary/aromatic N) is 4. The van der Waals surface area contributed by atoms with Crippen molar-refractivity contribution in [1.29, 1.82) is 0 Å². The zero-order valence-corrected chi connectivity index (χ0v) is 22.7. The normalized spacial score (nSPS) is 12.1. The number of carbonyl (C=O) groups excluding carboxylic acids is 1. The van der Waals surface area contributed by atoms with Gasteiger partial charge >= 0.3 is 5.95 Å². The van der Waals surface area contributed by atoms with Crippen LogP contribution in [-0.2, 0) is 17.6 Å². The topological polar surface area (TPSA) is 145 Å². The monoisotopic (exact) mass is 516 g/mol. The van der Waals surface area contributed by atoms with Crippen LogP contribution in [0.15, 0.2) is 18.2 Å². The molecule has 0 atom stereocenters. The summed E-state index contributed by atoms with van der Waals surface area (Å²) in [6.07, 6.45) is 0.445. The summed E-state index contributed by atoms with van der Waals surface area (Å²) in [5.74, 6) is 1.11. The van der Waals surface area contributed by atoms with E-state index in [1.165, 1.54) is 9.20 Å². The SMILES string of the molecule is CCOc1cc(C(C)(C)O)c2n[n+](CC(=O)c3cc(OCCCO)c(OC)c(C(C)(C)C)c3)c(N)n2n1. The standard InChI is InChI=1S/C26H37N5O6/c1-8-36-21-14-18(26(5,6)34)23-29-30(24(27)31(23)28-21)15-19(33)16-12-17(25(2,3)4)22(35-7)20(13-16)37-11-9-10-32/h12-14,27,32,34H,8-11,15H2,1-7H3/p+1. The van der Waals surface area contributed by atoms with Crippen LogP contribution in [0.3, 0.4) is 0 Å². The van der Waals surface area contributed by atoms with E-state index < -0.39 is 5.60 Å². The van der Waals surface area contributed by atoms with Gasteiger partial charge in [0.15, 0.2) is 23.8 Å². The van der Waals surface area contributed by atoms with Crippen LogP contribution in [0.5, 0.6) is 17.4 Å². The number of aliphatic hydroxyl groups excluding tert-OH is 1. The lowest BCUT2D eigenvalue weighted by atomic mass is 9.84. The highest BCUT2D eigenvalue weighted by Gasteiger charge is 2.31. The van der Waals surface area contributed by atoms with E-state index in [0.29, 0.717) is 41.3 Å². The first-order valence-corrected chi connectivity index (χ1v) is 12.3. The molecule has 2 aromatic heterocycles. The van der Waals surface area contributed by atoms with Crippen molar-refractivity contribution in [2.24, 2.45) is 0 Å². The number of aromatic nitrogens is 4. The lowest BCUT2D eigenvalue weighted by Crippen LogP contribution is -2.42. The first kappa shape index (κ1) is 28.1. The quantitative estimate of drug-likeness (QED) is 0.198. The van der Waals surface area contributed by atoms with Crippen LogP contribution in [0.2, 0.25) is 0 Å². The number of nitrogens with two attached hydrogens (primary N) is 1. The largest absolute Gasteiger partial charge is 0.493 e.